The van der Waals surface area contributed by atoms with Crippen LogP contribution in [0.25, 0.3) is 0 Å². The van der Waals surface area contributed by atoms with Crippen LogP contribution in [0.3, 0.4) is 0 Å². The number of nitrogens with zero attached hydrogens (tertiary/aromatic N) is 1. The van der Waals surface area contributed by atoms with Gasteiger partial charge in [0.25, 0.3) is 0 Å². The van der Waals surface area contributed by atoms with Crippen molar-refractivity contribution >= 4 is 12.4 Å². The van der Waals surface area contributed by atoms with E-state index in [4.69, 9.17) is 15.2 Å². The zero-order chi connectivity index (χ0) is 17.1. The van der Waals surface area contributed by atoms with Crippen molar-refractivity contribution in [2.75, 3.05) is 32.8 Å². The first-order valence-corrected chi connectivity index (χ1v) is 9.20. The molecule has 2 N–H and O–H groups in total. The highest BCUT2D eigenvalue weighted by atomic mass is 35.5. The Morgan fingerprint density at radius 1 is 0.962 bits per heavy atom. The van der Waals surface area contributed by atoms with Gasteiger partial charge in [0.05, 0.1) is 13.2 Å². The number of halogens is 1. The lowest BCUT2D eigenvalue weighted by Gasteiger charge is -2.19. The molecule has 0 radical (unpaired) electrons. The standard InChI is InChI=1S/C21H26N2O2.ClH/c22-12-18-14-23(15-19(18)16-6-2-1-3-7-16)13-17-8-4-9-20-21(17)25-11-5-10-24-20;/h1-4,6-9,18-19H,5,10-15,22H2;1H/t18-,19+;/m1./s1. The molecule has 0 aliphatic carbocycles. The summed E-state index contributed by atoms with van der Waals surface area (Å²) in [6, 6.07) is 17.0. The number of hydrogen-bond donors (Lipinski definition) is 1. The van der Waals surface area contributed by atoms with Gasteiger partial charge in [-0.1, -0.05) is 42.5 Å². The number of fused-ring (bicyclic) bond motifs is 1. The molecule has 2 aliphatic rings. The molecule has 2 aliphatic heterocycles. The lowest BCUT2D eigenvalue weighted by Crippen LogP contribution is -2.23. The quantitative estimate of drug-likeness (QED) is 0.890. The zero-order valence-corrected chi connectivity index (χ0v) is 15.8. The summed E-state index contributed by atoms with van der Waals surface area (Å²) in [4.78, 5) is 2.50. The van der Waals surface area contributed by atoms with Gasteiger partial charge in [0.2, 0.25) is 0 Å². The van der Waals surface area contributed by atoms with Gasteiger partial charge in [-0.3, -0.25) is 4.90 Å². The number of likely N-dealkylation sites (tertiary alicyclic amines) is 1. The van der Waals surface area contributed by atoms with Crippen LogP contribution in [0.1, 0.15) is 23.5 Å². The first kappa shape index (κ1) is 19.0. The molecule has 0 saturated carbocycles. The Labute approximate surface area is 161 Å². The Hall–Kier alpha value is -1.75. The van der Waals surface area contributed by atoms with Crippen molar-refractivity contribution in [1.29, 1.82) is 0 Å². The molecule has 0 spiro atoms. The summed E-state index contributed by atoms with van der Waals surface area (Å²) in [6.07, 6.45) is 0.934. The molecule has 2 atom stereocenters. The SMILES string of the molecule is Cl.NC[C@@H]1CN(Cc2cccc3c2OCCCO3)C[C@H]1c1ccccc1. The second-order valence-corrected chi connectivity index (χ2v) is 7.00. The van der Waals surface area contributed by atoms with E-state index in [0.717, 1.165) is 57.3 Å². The van der Waals surface area contributed by atoms with Crippen molar-refractivity contribution in [3.8, 4) is 11.5 Å². The fourth-order valence-electron chi connectivity index (χ4n) is 4.03. The molecular formula is C21H27ClN2O2. The van der Waals surface area contributed by atoms with Crippen molar-refractivity contribution in [3.05, 3.63) is 59.7 Å². The Morgan fingerprint density at radius 2 is 1.77 bits per heavy atom. The highest BCUT2D eigenvalue weighted by molar-refractivity contribution is 5.85. The maximum absolute atomic E-state index is 6.08. The van der Waals surface area contributed by atoms with E-state index in [2.05, 4.69) is 47.4 Å². The number of hydrogen-bond acceptors (Lipinski definition) is 4. The van der Waals surface area contributed by atoms with Crippen LogP contribution in [-0.2, 0) is 6.54 Å². The van der Waals surface area contributed by atoms with Gasteiger partial charge in [0.1, 0.15) is 0 Å². The average Bonchev–Trinajstić information content (AvgIpc) is 2.90. The second kappa shape index (κ2) is 8.76. The van der Waals surface area contributed by atoms with E-state index in [1.165, 1.54) is 11.1 Å². The van der Waals surface area contributed by atoms with Crippen LogP contribution >= 0.6 is 12.4 Å². The van der Waals surface area contributed by atoms with Crippen LogP contribution in [0.2, 0.25) is 0 Å². The molecule has 5 heteroatoms. The van der Waals surface area contributed by atoms with E-state index < -0.39 is 0 Å². The summed E-state index contributed by atoms with van der Waals surface area (Å²) in [5, 5.41) is 0. The average molecular weight is 375 g/mol. The van der Waals surface area contributed by atoms with Gasteiger partial charge in [-0.25, -0.2) is 0 Å². The van der Waals surface area contributed by atoms with Crippen molar-refractivity contribution in [3.63, 3.8) is 0 Å². The van der Waals surface area contributed by atoms with Crippen LogP contribution in [0.5, 0.6) is 11.5 Å². The molecule has 0 unspecified atom stereocenters. The van der Waals surface area contributed by atoms with Gasteiger partial charge in [-0.05, 0) is 24.1 Å². The first-order valence-electron chi connectivity index (χ1n) is 9.20. The van der Waals surface area contributed by atoms with Gasteiger partial charge in [-0.15, -0.1) is 12.4 Å². The minimum absolute atomic E-state index is 0. The fourth-order valence-corrected chi connectivity index (χ4v) is 4.03. The van der Waals surface area contributed by atoms with Crippen molar-refractivity contribution in [2.24, 2.45) is 11.7 Å². The van der Waals surface area contributed by atoms with Crippen LogP contribution in [0.15, 0.2) is 48.5 Å². The fraction of sp³-hybridized carbons (Fsp3) is 0.429. The number of para-hydroxylation sites is 1. The summed E-state index contributed by atoms with van der Waals surface area (Å²) < 4.78 is 11.8. The van der Waals surface area contributed by atoms with E-state index in [1.807, 2.05) is 6.07 Å². The molecule has 2 aromatic rings. The zero-order valence-electron chi connectivity index (χ0n) is 15.0. The molecule has 0 amide bonds. The Bertz CT molecular complexity index is 710. The third kappa shape index (κ3) is 3.98. The van der Waals surface area contributed by atoms with Crippen LogP contribution in [-0.4, -0.2) is 37.7 Å². The van der Waals surface area contributed by atoms with Crippen LogP contribution in [0.4, 0.5) is 0 Å². The van der Waals surface area contributed by atoms with E-state index in [0.29, 0.717) is 11.8 Å². The Kier molecular flexibility index (Phi) is 6.41. The van der Waals surface area contributed by atoms with Gasteiger partial charge < -0.3 is 15.2 Å². The van der Waals surface area contributed by atoms with Gasteiger partial charge >= 0.3 is 0 Å². The van der Waals surface area contributed by atoms with E-state index in [1.54, 1.807) is 0 Å². The summed E-state index contributed by atoms with van der Waals surface area (Å²) in [6.45, 7) is 5.12. The van der Waals surface area contributed by atoms with E-state index in [9.17, 15) is 0 Å². The molecule has 2 aromatic carbocycles. The smallest absolute Gasteiger partial charge is 0.165 e. The predicted octanol–water partition coefficient (Wildman–Crippen LogP) is 3.44. The largest absolute Gasteiger partial charge is 0.490 e. The summed E-state index contributed by atoms with van der Waals surface area (Å²) in [5.74, 6) is 2.81. The van der Waals surface area contributed by atoms with Gasteiger partial charge in [0, 0.05) is 37.5 Å². The van der Waals surface area contributed by atoms with Gasteiger partial charge in [0.15, 0.2) is 11.5 Å². The maximum Gasteiger partial charge on any atom is 0.165 e. The van der Waals surface area contributed by atoms with Crippen molar-refractivity contribution in [2.45, 2.75) is 18.9 Å². The lowest BCUT2D eigenvalue weighted by molar-refractivity contribution is 0.286. The third-order valence-corrected chi connectivity index (χ3v) is 5.29. The Balaban J connectivity index is 0.00000196. The summed E-state index contributed by atoms with van der Waals surface area (Å²) in [7, 11) is 0. The molecule has 140 valence electrons. The summed E-state index contributed by atoms with van der Waals surface area (Å²) >= 11 is 0. The molecule has 1 fully saturated rings. The molecule has 2 heterocycles. The van der Waals surface area contributed by atoms with Gasteiger partial charge in [-0.2, -0.15) is 0 Å². The van der Waals surface area contributed by atoms with Crippen LogP contribution < -0.4 is 15.2 Å². The maximum atomic E-state index is 6.08. The third-order valence-electron chi connectivity index (χ3n) is 5.29. The minimum atomic E-state index is 0. The molecular weight excluding hydrogens is 348 g/mol. The van der Waals surface area contributed by atoms with E-state index >= 15 is 0 Å². The topological polar surface area (TPSA) is 47.7 Å². The normalized spacial score (nSPS) is 22.5. The number of nitrogens with two attached hydrogens (primary N) is 1. The van der Waals surface area contributed by atoms with E-state index in [-0.39, 0.29) is 12.4 Å². The highest BCUT2D eigenvalue weighted by Gasteiger charge is 2.33. The van der Waals surface area contributed by atoms with Crippen molar-refractivity contribution < 1.29 is 9.47 Å². The minimum Gasteiger partial charge on any atom is -0.490 e. The second-order valence-electron chi connectivity index (χ2n) is 7.00. The lowest BCUT2D eigenvalue weighted by atomic mass is 9.89. The number of ether oxygens (including phenoxy) is 2. The molecule has 4 nitrogen and oxygen atoms in total. The number of rotatable bonds is 4. The highest BCUT2D eigenvalue weighted by Crippen LogP contribution is 2.37. The molecule has 0 bridgehead atoms. The number of benzene rings is 2. The molecule has 0 aromatic heterocycles. The molecule has 26 heavy (non-hydrogen) atoms. The molecule has 4 rings (SSSR count). The molecule has 1 saturated heterocycles. The predicted molar refractivity (Wildman–Crippen MR) is 106 cm³/mol. The first-order chi connectivity index (χ1) is 12.3. The Morgan fingerprint density at radius 3 is 2.58 bits per heavy atom. The monoisotopic (exact) mass is 374 g/mol. The van der Waals surface area contributed by atoms with Crippen LogP contribution in [0, 0.1) is 5.92 Å². The van der Waals surface area contributed by atoms with Crippen molar-refractivity contribution in [1.82, 2.24) is 4.90 Å². The summed E-state index contributed by atoms with van der Waals surface area (Å²) in [5.41, 5.74) is 8.68.